The third-order valence-electron chi connectivity index (χ3n) is 3.18. The summed E-state index contributed by atoms with van der Waals surface area (Å²) in [5.41, 5.74) is 0. The van der Waals surface area contributed by atoms with Gasteiger partial charge in [0.2, 0.25) is 0 Å². The molecule has 0 amide bonds. The summed E-state index contributed by atoms with van der Waals surface area (Å²) in [6, 6.07) is 0.776. The minimum absolute atomic E-state index is 0.776. The van der Waals surface area contributed by atoms with E-state index in [0.29, 0.717) is 0 Å². The predicted octanol–water partition coefficient (Wildman–Crippen LogP) is 3.12. The van der Waals surface area contributed by atoms with Gasteiger partial charge in [-0.25, -0.2) is 0 Å². The van der Waals surface area contributed by atoms with Crippen molar-refractivity contribution in [2.24, 2.45) is 0 Å². The van der Waals surface area contributed by atoms with Crippen LogP contribution in [0.1, 0.15) is 58.3 Å². The van der Waals surface area contributed by atoms with Crippen LogP contribution in [0, 0.1) is 0 Å². The highest BCUT2D eigenvalue weighted by Crippen LogP contribution is 2.16. The van der Waals surface area contributed by atoms with Crippen molar-refractivity contribution >= 4 is 0 Å². The van der Waals surface area contributed by atoms with Gasteiger partial charge in [-0.2, -0.15) is 0 Å². The molecule has 0 aliphatic heterocycles. The number of hydrogen-bond donors (Lipinski definition) is 1. The van der Waals surface area contributed by atoms with Crippen LogP contribution in [0.5, 0.6) is 0 Å². The van der Waals surface area contributed by atoms with Gasteiger partial charge in [-0.1, -0.05) is 39.0 Å². The van der Waals surface area contributed by atoms with Crippen LogP contribution < -0.4 is 5.32 Å². The van der Waals surface area contributed by atoms with Crippen LogP contribution in [0.3, 0.4) is 0 Å². The molecule has 1 N–H and O–H groups in total. The summed E-state index contributed by atoms with van der Waals surface area (Å²) >= 11 is 0. The molecule has 1 rings (SSSR count). The largest absolute Gasteiger partial charge is 0.380 e. The van der Waals surface area contributed by atoms with Crippen molar-refractivity contribution in [3.05, 3.63) is 0 Å². The molecule has 0 radical (unpaired) electrons. The third kappa shape index (κ3) is 6.91. The number of ether oxygens (including phenoxy) is 1. The molecule has 0 bridgehead atoms. The standard InChI is InChI=1S/C13H27NO/c1-2-3-7-11-15-12-10-14-13-8-5-4-6-9-13/h13-14H,2-12H2,1H3. The molecule has 1 aliphatic rings. The SMILES string of the molecule is CCCCCOCCNC1CCCCC1. The molecule has 0 spiro atoms. The molecule has 1 saturated carbocycles. The maximum atomic E-state index is 5.56. The third-order valence-corrected chi connectivity index (χ3v) is 3.18. The molecule has 0 atom stereocenters. The molecule has 0 aromatic rings. The van der Waals surface area contributed by atoms with Crippen LogP contribution in [0.2, 0.25) is 0 Å². The van der Waals surface area contributed by atoms with Crippen LogP contribution in [-0.2, 0) is 4.74 Å². The zero-order valence-corrected chi connectivity index (χ0v) is 10.3. The first-order valence-electron chi connectivity index (χ1n) is 6.74. The summed E-state index contributed by atoms with van der Waals surface area (Å²) in [5, 5.41) is 3.59. The fourth-order valence-electron chi connectivity index (χ4n) is 2.20. The topological polar surface area (TPSA) is 21.3 Å². The lowest BCUT2D eigenvalue weighted by atomic mass is 9.96. The van der Waals surface area contributed by atoms with Crippen molar-refractivity contribution < 1.29 is 4.74 Å². The lowest BCUT2D eigenvalue weighted by Gasteiger charge is -2.22. The number of unbranched alkanes of at least 4 members (excludes halogenated alkanes) is 2. The van der Waals surface area contributed by atoms with Crippen LogP contribution in [0.15, 0.2) is 0 Å². The second-order valence-electron chi connectivity index (χ2n) is 4.61. The Morgan fingerprint density at radius 2 is 1.87 bits per heavy atom. The van der Waals surface area contributed by atoms with Gasteiger partial charge in [-0.15, -0.1) is 0 Å². The van der Waals surface area contributed by atoms with Crippen LogP contribution in [-0.4, -0.2) is 25.8 Å². The Balaban J connectivity index is 1.79. The molecular weight excluding hydrogens is 186 g/mol. The smallest absolute Gasteiger partial charge is 0.0590 e. The second kappa shape index (κ2) is 9.17. The molecule has 90 valence electrons. The normalized spacial score (nSPS) is 18.2. The van der Waals surface area contributed by atoms with Crippen molar-refractivity contribution in [3.63, 3.8) is 0 Å². The molecule has 15 heavy (non-hydrogen) atoms. The molecule has 0 aromatic carbocycles. The summed E-state index contributed by atoms with van der Waals surface area (Å²) in [5.74, 6) is 0. The highest BCUT2D eigenvalue weighted by Gasteiger charge is 2.11. The highest BCUT2D eigenvalue weighted by atomic mass is 16.5. The van der Waals surface area contributed by atoms with Gasteiger partial charge >= 0.3 is 0 Å². The first-order chi connectivity index (χ1) is 7.43. The zero-order valence-electron chi connectivity index (χ0n) is 10.3. The van der Waals surface area contributed by atoms with E-state index in [4.69, 9.17) is 4.74 Å². The predicted molar refractivity (Wildman–Crippen MR) is 65.2 cm³/mol. The van der Waals surface area contributed by atoms with Crippen LogP contribution >= 0.6 is 0 Å². The van der Waals surface area contributed by atoms with Gasteiger partial charge < -0.3 is 10.1 Å². The zero-order chi connectivity index (χ0) is 10.8. The summed E-state index contributed by atoms with van der Waals surface area (Å²) in [6.45, 7) is 5.10. The molecule has 2 heteroatoms. The molecule has 1 fully saturated rings. The quantitative estimate of drug-likeness (QED) is 0.626. The Hall–Kier alpha value is -0.0800. The van der Waals surface area contributed by atoms with E-state index in [1.165, 1.54) is 51.4 Å². The van der Waals surface area contributed by atoms with Gasteiger partial charge in [0.05, 0.1) is 6.61 Å². The molecule has 0 aromatic heterocycles. The Morgan fingerprint density at radius 1 is 1.07 bits per heavy atom. The summed E-state index contributed by atoms with van der Waals surface area (Å²) in [6.07, 6.45) is 10.8. The average Bonchev–Trinajstić information content (AvgIpc) is 2.29. The van der Waals surface area contributed by atoms with Crippen LogP contribution in [0.25, 0.3) is 0 Å². The minimum Gasteiger partial charge on any atom is -0.380 e. The van der Waals surface area contributed by atoms with E-state index < -0.39 is 0 Å². The van der Waals surface area contributed by atoms with E-state index in [1.54, 1.807) is 0 Å². The van der Waals surface area contributed by atoms with E-state index in [0.717, 1.165) is 25.8 Å². The molecule has 1 aliphatic carbocycles. The maximum Gasteiger partial charge on any atom is 0.0590 e. The van der Waals surface area contributed by atoms with Crippen molar-refractivity contribution in [2.45, 2.75) is 64.3 Å². The van der Waals surface area contributed by atoms with Crippen molar-refractivity contribution in [3.8, 4) is 0 Å². The Bertz CT molecular complexity index is 132. The van der Waals surface area contributed by atoms with Gasteiger partial charge in [-0.3, -0.25) is 0 Å². The minimum atomic E-state index is 0.776. The van der Waals surface area contributed by atoms with Gasteiger partial charge in [-0.05, 0) is 19.3 Å². The molecular formula is C13H27NO. The maximum absolute atomic E-state index is 5.56. The first-order valence-corrected chi connectivity index (χ1v) is 6.74. The highest BCUT2D eigenvalue weighted by molar-refractivity contribution is 4.71. The van der Waals surface area contributed by atoms with Crippen molar-refractivity contribution in [1.82, 2.24) is 5.32 Å². The fraction of sp³-hybridized carbons (Fsp3) is 1.00. The molecule has 0 unspecified atom stereocenters. The number of nitrogens with one attached hydrogen (secondary N) is 1. The Morgan fingerprint density at radius 3 is 2.60 bits per heavy atom. The average molecular weight is 213 g/mol. The summed E-state index contributed by atoms with van der Waals surface area (Å²) in [4.78, 5) is 0. The van der Waals surface area contributed by atoms with E-state index >= 15 is 0 Å². The fourth-order valence-corrected chi connectivity index (χ4v) is 2.20. The lowest BCUT2D eigenvalue weighted by molar-refractivity contribution is 0.128. The van der Waals surface area contributed by atoms with E-state index in [1.807, 2.05) is 0 Å². The molecule has 2 nitrogen and oxygen atoms in total. The Labute approximate surface area is 94.8 Å². The number of hydrogen-bond acceptors (Lipinski definition) is 2. The first kappa shape index (κ1) is 13.0. The Kier molecular flexibility index (Phi) is 7.94. The lowest BCUT2D eigenvalue weighted by Crippen LogP contribution is -2.33. The van der Waals surface area contributed by atoms with Gasteiger partial charge in [0.1, 0.15) is 0 Å². The summed E-state index contributed by atoms with van der Waals surface area (Å²) in [7, 11) is 0. The molecule has 0 saturated heterocycles. The van der Waals surface area contributed by atoms with Gasteiger partial charge in [0.25, 0.3) is 0 Å². The monoisotopic (exact) mass is 213 g/mol. The van der Waals surface area contributed by atoms with Gasteiger partial charge in [0.15, 0.2) is 0 Å². The summed E-state index contributed by atoms with van der Waals surface area (Å²) < 4.78 is 5.56. The second-order valence-corrected chi connectivity index (χ2v) is 4.61. The number of rotatable bonds is 8. The van der Waals surface area contributed by atoms with E-state index in [9.17, 15) is 0 Å². The van der Waals surface area contributed by atoms with Crippen LogP contribution in [0.4, 0.5) is 0 Å². The van der Waals surface area contributed by atoms with E-state index in [-0.39, 0.29) is 0 Å². The van der Waals surface area contributed by atoms with Gasteiger partial charge in [0, 0.05) is 19.2 Å². The van der Waals surface area contributed by atoms with E-state index in [2.05, 4.69) is 12.2 Å². The van der Waals surface area contributed by atoms with Crippen molar-refractivity contribution in [2.75, 3.05) is 19.8 Å². The van der Waals surface area contributed by atoms with Crippen molar-refractivity contribution in [1.29, 1.82) is 0 Å². The molecule has 0 heterocycles.